The number of oxazole rings is 1. The maximum Gasteiger partial charge on any atom is 0.419 e. The molecule has 0 saturated heterocycles. The molecule has 200 valence electrons. The maximum absolute atomic E-state index is 12.0. The van der Waals surface area contributed by atoms with Crippen LogP contribution in [-0.4, -0.2) is 9.67 Å². The Bertz CT molecular complexity index is 1570. The highest BCUT2D eigenvalue weighted by Gasteiger charge is 2.33. The molecule has 0 fully saturated rings. The Kier molecular flexibility index (Phi) is 6.89. The van der Waals surface area contributed by atoms with Crippen LogP contribution in [0.5, 0.6) is 5.75 Å². The second-order valence-corrected chi connectivity index (χ2v) is 12.7. The number of hydrogen-bond acceptors (Lipinski definition) is 5. The van der Waals surface area contributed by atoms with E-state index in [1.165, 1.54) is 4.57 Å². The van der Waals surface area contributed by atoms with E-state index in [1.54, 1.807) is 13.1 Å². The zero-order valence-corrected chi connectivity index (χ0v) is 24.0. The summed E-state index contributed by atoms with van der Waals surface area (Å²) >= 11 is 0. The predicted octanol–water partition coefficient (Wildman–Crippen LogP) is 8.60. The average Bonchev–Trinajstić information content (AvgIpc) is 3.09. The smallest absolute Gasteiger partial charge is 0.419 e. The molecule has 4 rings (SSSR count). The van der Waals surface area contributed by atoms with Crippen molar-refractivity contribution in [3.8, 4) is 5.75 Å². The standard InChI is InChI=1S/C32H39N3O3/c1-20-15-26-27(38-29(37)35(26)9)18-24(20)33-34-25-17-22(31(5,6)19-30(2,3)4)16-23(28(25)36)32(7,8)21-13-11-10-12-14-21/h10-18,36H,19H2,1-9H3. The third-order valence-electron chi connectivity index (χ3n) is 7.39. The van der Waals surface area contributed by atoms with Gasteiger partial charge in [-0.1, -0.05) is 84.9 Å². The normalized spacial score (nSPS) is 13.1. The molecule has 6 heteroatoms. The van der Waals surface area contributed by atoms with Crippen LogP contribution in [0, 0.1) is 12.3 Å². The number of hydrogen-bond donors (Lipinski definition) is 1. The molecule has 6 nitrogen and oxygen atoms in total. The lowest BCUT2D eigenvalue weighted by atomic mass is 9.70. The second-order valence-electron chi connectivity index (χ2n) is 12.7. The minimum absolute atomic E-state index is 0.114. The number of aromatic nitrogens is 1. The first-order valence-corrected chi connectivity index (χ1v) is 13.1. The van der Waals surface area contributed by atoms with Crippen molar-refractivity contribution >= 4 is 22.5 Å². The predicted molar refractivity (Wildman–Crippen MR) is 154 cm³/mol. The van der Waals surface area contributed by atoms with Crippen molar-refractivity contribution in [1.82, 2.24) is 4.57 Å². The van der Waals surface area contributed by atoms with Gasteiger partial charge in [-0.05, 0) is 53.0 Å². The van der Waals surface area contributed by atoms with E-state index in [9.17, 15) is 9.90 Å². The van der Waals surface area contributed by atoms with Gasteiger partial charge in [0, 0.05) is 24.1 Å². The minimum atomic E-state index is -0.467. The van der Waals surface area contributed by atoms with Crippen LogP contribution < -0.4 is 5.76 Å². The molecule has 0 aliphatic heterocycles. The molecule has 4 aromatic rings. The number of aryl methyl sites for hydroxylation is 2. The fourth-order valence-electron chi connectivity index (χ4n) is 5.48. The van der Waals surface area contributed by atoms with Crippen molar-refractivity contribution in [3.05, 3.63) is 87.4 Å². The van der Waals surface area contributed by atoms with E-state index in [4.69, 9.17) is 4.42 Å². The minimum Gasteiger partial charge on any atom is -0.505 e. The van der Waals surface area contributed by atoms with Crippen LogP contribution in [0.15, 0.2) is 74.0 Å². The zero-order valence-electron chi connectivity index (χ0n) is 24.0. The zero-order chi connectivity index (χ0) is 28.0. The number of phenolic OH excluding ortho intramolecular Hbond substituents is 1. The van der Waals surface area contributed by atoms with E-state index in [0.717, 1.165) is 28.7 Å². The van der Waals surface area contributed by atoms with Crippen LogP contribution in [-0.2, 0) is 17.9 Å². The van der Waals surface area contributed by atoms with Gasteiger partial charge in [-0.3, -0.25) is 4.57 Å². The van der Waals surface area contributed by atoms with Crippen LogP contribution in [0.1, 0.15) is 77.1 Å². The summed E-state index contributed by atoms with van der Waals surface area (Å²) in [6, 6.07) is 17.9. The molecule has 0 aliphatic carbocycles. The van der Waals surface area contributed by atoms with Gasteiger partial charge >= 0.3 is 5.76 Å². The van der Waals surface area contributed by atoms with Crippen LogP contribution >= 0.6 is 0 Å². The van der Waals surface area contributed by atoms with Gasteiger partial charge < -0.3 is 9.52 Å². The Hall–Kier alpha value is -3.67. The highest BCUT2D eigenvalue weighted by atomic mass is 16.4. The molecule has 38 heavy (non-hydrogen) atoms. The summed E-state index contributed by atoms with van der Waals surface area (Å²) < 4.78 is 6.82. The topological polar surface area (TPSA) is 80.1 Å². The Morgan fingerprint density at radius 1 is 0.868 bits per heavy atom. The summed E-state index contributed by atoms with van der Waals surface area (Å²) in [5.74, 6) is -0.310. The van der Waals surface area contributed by atoms with Crippen LogP contribution in [0.25, 0.3) is 11.1 Å². The van der Waals surface area contributed by atoms with Gasteiger partial charge in [-0.25, -0.2) is 4.79 Å². The van der Waals surface area contributed by atoms with Crippen molar-refractivity contribution < 1.29 is 9.52 Å². The van der Waals surface area contributed by atoms with E-state index in [2.05, 4.69) is 76.9 Å². The van der Waals surface area contributed by atoms with Crippen LogP contribution in [0.2, 0.25) is 0 Å². The molecule has 3 aromatic carbocycles. The lowest BCUT2D eigenvalue weighted by Crippen LogP contribution is -2.26. The quantitative estimate of drug-likeness (QED) is 0.262. The number of benzene rings is 3. The molecule has 1 aromatic heterocycles. The maximum atomic E-state index is 12.0. The number of rotatable bonds is 6. The molecule has 0 amide bonds. The monoisotopic (exact) mass is 513 g/mol. The molecule has 0 bridgehead atoms. The molecule has 0 unspecified atom stereocenters. The summed E-state index contributed by atoms with van der Waals surface area (Å²) in [5.41, 5.74) is 5.48. The number of nitrogens with zero attached hydrogens (tertiary/aromatic N) is 3. The van der Waals surface area contributed by atoms with Gasteiger partial charge in [0.2, 0.25) is 0 Å². The second kappa shape index (κ2) is 9.57. The summed E-state index contributed by atoms with van der Waals surface area (Å²) in [4.78, 5) is 12.0. The summed E-state index contributed by atoms with van der Waals surface area (Å²) in [5, 5.41) is 20.6. The fourth-order valence-corrected chi connectivity index (χ4v) is 5.48. The van der Waals surface area contributed by atoms with E-state index >= 15 is 0 Å². The summed E-state index contributed by atoms with van der Waals surface area (Å²) in [6.45, 7) is 17.4. The van der Waals surface area contributed by atoms with Crippen LogP contribution in [0.3, 0.4) is 0 Å². The number of phenols is 1. The first kappa shape index (κ1) is 27.4. The highest BCUT2D eigenvalue weighted by molar-refractivity contribution is 5.78. The molecule has 1 heterocycles. The number of aromatic hydroxyl groups is 1. The Morgan fingerprint density at radius 3 is 2.13 bits per heavy atom. The Labute approximate surface area is 225 Å². The van der Waals surface area contributed by atoms with Crippen molar-refractivity contribution in [2.24, 2.45) is 22.7 Å². The van der Waals surface area contributed by atoms with Gasteiger partial charge in [-0.2, -0.15) is 5.11 Å². The molecule has 0 aliphatic rings. The SMILES string of the molecule is Cc1cc2c(cc1N=Nc1cc(C(C)(C)CC(C)(C)C)cc(C(C)(C)c3ccccc3)c1O)oc(=O)n2C. The van der Waals surface area contributed by atoms with Crippen molar-refractivity contribution in [1.29, 1.82) is 0 Å². The van der Waals surface area contributed by atoms with Crippen molar-refractivity contribution in [2.45, 2.75) is 72.6 Å². The van der Waals surface area contributed by atoms with Gasteiger partial charge in [0.15, 0.2) is 5.58 Å². The number of azo groups is 1. The summed E-state index contributed by atoms with van der Waals surface area (Å²) in [6.07, 6.45) is 0.954. The van der Waals surface area contributed by atoms with Crippen molar-refractivity contribution in [3.63, 3.8) is 0 Å². The first-order chi connectivity index (χ1) is 17.6. The van der Waals surface area contributed by atoms with E-state index < -0.39 is 11.2 Å². The largest absolute Gasteiger partial charge is 0.505 e. The van der Waals surface area contributed by atoms with E-state index in [0.29, 0.717) is 22.5 Å². The fraction of sp³-hybridized carbons (Fsp3) is 0.406. The highest BCUT2D eigenvalue weighted by Crippen LogP contribution is 2.46. The van der Waals surface area contributed by atoms with Gasteiger partial charge in [0.25, 0.3) is 0 Å². The number of fused-ring (bicyclic) bond motifs is 1. The molecular weight excluding hydrogens is 474 g/mol. The third-order valence-corrected chi connectivity index (χ3v) is 7.39. The first-order valence-electron chi connectivity index (χ1n) is 13.1. The van der Waals surface area contributed by atoms with Crippen molar-refractivity contribution in [2.75, 3.05) is 0 Å². The third kappa shape index (κ3) is 5.31. The Morgan fingerprint density at radius 2 is 1.50 bits per heavy atom. The molecule has 0 radical (unpaired) electrons. The molecule has 1 N–H and O–H groups in total. The molecular formula is C32H39N3O3. The van der Waals surface area contributed by atoms with E-state index in [-0.39, 0.29) is 16.6 Å². The Balaban J connectivity index is 1.89. The summed E-state index contributed by atoms with van der Waals surface area (Å²) in [7, 11) is 1.67. The van der Waals surface area contributed by atoms with Gasteiger partial charge in [0.05, 0.1) is 11.2 Å². The van der Waals surface area contributed by atoms with Gasteiger partial charge in [0.1, 0.15) is 11.4 Å². The lowest BCUT2D eigenvalue weighted by molar-refractivity contribution is 0.283. The van der Waals surface area contributed by atoms with Gasteiger partial charge in [-0.15, -0.1) is 5.11 Å². The molecule has 0 atom stereocenters. The molecule has 0 saturated carbocycles. The average molecular weight is 514 g/mol. The lowest BCUT2D eigenvalue weighted by Gasteiger charge is -2.35. The van der Waals surface area contributed by atoms with E-state index in [1.807, 2.05) is 37.3 Å². The van der Waals surface area contributed by atoms with Crippen LogP contribution in [0.4, 0.5) is 11.4 Å². The molecule has 0 spiro atoms.